The first-order valence-electron chi connectivity index (χ1n) is 8.19. The fourth-order valence-electron chi connectivity index (χ4n) is 2.35. The molecule has 0 heterocycles. The lowest BCUT2D eigenvalue weighted by Crippen LogP contribution is -2.38. The molecule has 0 aliphatic heterocycles. The number of hydrogen-bond acceptors (Lipinski definition) is 4. The Morgan fingerprint density at radius 1 is 1.17 bits per heavy atom. The molecule has 0 saturated heterocycles. The number of ether oxygens (including phenoxy) is 3. The molecule has 130 valence electrons. The Bertz CT molecular complexity index is 490. The van der Waals surface area contributed by atoms with Gasteiger partial charge < -0.3 is 19.1 Å². The molecule has 0 N–H and O–H groups in total. The number of amides is 1. The third-order valence-corrected chi connectivity index (χ3v) is 3.89. The Labute approximate surface area is 139 Å². The smallest absolute Gasteiger partial charge is 0.254 e. The Hall–Kier alpha value is -1.75. The minimum atomic E-state index is 0.0197. The van der Waals surface area contributed by atoms with E-state index in [0.717, 1.165) is 12.8 Å². The predicted octanol–water partition coefficient (Wildman–Crippen LogP) is 3.37. The molecular formula is C18H29NO4. The highest BCUT2D eigenvalue weighted by Gasteiger charge is 2.20. The van der Waals surface area contributed by atoms with Gasteiger partial charge in [-0.05, 0) is 38.5 Å². The number of nitrogens with zero attached hydrogens (tertiary/aromatic N) is 1. The van der Waals surface area contributed by atoms with Gasteiger partial charge in [-0.2, -0.15) is 0 Å². The van der Waals surface area contributed by atoms with Gasteiger partial charge >= 0.3 is 0 Å². The van der Waals surface area contributed by atoms with Gasteiger partial charge in [-0.1, -0.05) is 6.92 Å². The lowest BCUT2D eigenvalue weighted by Gasteiger charge is -2.27. The highest BCUT2D eigenvalue weighted by Crippen LogP contribution is 2.29. The lowest BCUT2D eigenvalue weighted by molar-refractivity contribution is 0.0699. The van der Waals surface area contributed by atoms with Crippen LogP contribution in [0.5, 0.6) is 11.5 Å². The fraction of sp³-hybridized carbons (Fsp3) is 0.611. The molecular weight excluding hydrogens is 294 g/mol. The monoisotopic (exact) mass is 323 g/mol. The van der Waals surface area contributed by atoms with Crippen LogP contribution in [0.4, 0.5) is 0 Å². The Balaban J connectivity index is 2.92. The van der Waals surface area contributed by atoms with E-state index in [4.69, 9.17) is 14.2 Å². The van der Waals surface area contributed by atoms with Gasteiger partial charge in [-0.3, -0.25) is 4.79 Å². The van der Waals surface area contributed by atoms with Crippen LogP contribution in [0.1, 0.15) is 44.0 Å². The molecule has 5 nitrogen and oxygen atoms in total. The van der Waals surface area contributed by atoms with Gasteiger partial charge in [-0.25, -0.2) is 0 Å². The van der Waals surface area contributed by atoms with Gasteiger partial charge in [0.1, 0.15) is 0 Å². The number of carbonyl (C=O) groups is 1. The molecule has 0 radical (unpaired) electrons. The molecule has 1 rings (SSSR count). The van der Waals surface area contributed by atoms with Crippen molar-refractivity contribution in [3.05, 3.63) is 23.8 Å². The van der Waals surface area contributed by atoms with Crippen molar-refractivity contribution < 1.29 is 19.0 Å². The maximum Gasteiger partial charge on any atom is 0.254 e. The minimum Gasteiger partial charge on any atom is -0.493 e. The third-order valence-electron chi connectivity index (χ3n) is 3.89. The highest BCUT2D eigenvalue weighted by molar-refractivity contribution is 5.95. The van der Waals surface area contributed by atoms with E-state index in [0.29, 0.717) is 36.8 Å². The number of carbonyl (C=O) groups excluding carboxylic acids is 1. The zero-order valence-corrected chi connectivity index (χ0v) is 14.9. The van der Waals surface area contributed by atoms with Gasteiger partial charge in [0.15, 0.2) is 11.5 Å². The van der Waals surface area contributed by atoms with E-state index >= 15 is 0 Å². The molecule has 1 aromatic carbocycles. The van der Waals surface area contributed by atoms with E-state index in [-0.39, 0.29) is 11.9 Å². The molecule has 0 fully saturated rings. The zero-order valence-electron chi connectivity index (χ0n) is 14.9. The van der Waals surface area contributed by atoms with E-state index in [1.807, 2.05) is 11.8 Å². The molecule has 0 aliphatic carbocycles. The molecule has 1 amide bonds. The van der Waals surface area contributed by atoms with Crippen molar-refractivity contribution in [2.24, 2.45) is 0 Å². The van der Waals surface area contributed by atoms with Gasteiger partial charge in [0.25, 0.3) is 5.91 Å². The molecule has 1 aromatic rings. The minimum absolute atomic E-state index is 0.0197. The SMILES string of the molecule is CC[C@@H](C)N(CC)C(=O)c1ccc(OC)c(OCCCOC)c1. The van der Waals surface area contributed by atoms with Gasteiger partial charge in [0, 0.05) is 38.3 Å². The summed E-state index contributed by atoms with van der Waals surface area (Å²) >= 11 is 0. The first-order valence-corrected chi connectivity index (χ1v) is 8.19. The second-order valence-corrected chi connectivity index (χ2v) is 5.41. The summed E-state index contributed by atoms with van der Waals surface area (Å²) in [6.07, 6.45) is 1.71. The van der Waals surface area contributed by atoms with Crippen molar-refractivity contribution >= 4 is 5.91 Å². The van der Waals surface area contributed by atoms with Gasteiger partial charge in [0.2, 0.25) is 0 Å². The van der Waals surface area contributed by atoms with Crippen LogP contribution in [0.15, 0.2) is 18.2 Å². The summed E-state index contributed by atoms with van der Waals surface area (Å²) in [5.41, 5.74) is 0.620. The van der Waals surface area contributed by atoms with Crippen molar-refractivity contribution in [2.75, 3.05) is 34.0 Å². The van der Waals surface area contributed by atoms with E-state index < -0.39 is 0 Å². The van der Waals surface area contributed by atoms with Gasteiger partial charge in [0.05, 0.1) is 13.7 Å². The van der Waals surface area contributed by atoms with E-state index in [1.54, 1.807) is 32.4 Å². The summed E-state index contributed by atoms with van der Waals surface area (Å²) in [7, 11) is 3.25. The molecule has 0 aromatic heterocycles. The maximum atomic E-state index is 12.7. The van der Waals surface area contributed by atoms with E-state index in [1.165, 1.54) is 0 Å². The van der Waals surface area contributed by atoms with Crippen molar-refractivity contribution in [1.29, 1.82) is 0 Å². The summed E-state index contributed by atoms with van der Waals surface area (Å²) in [5, 5.41) is 0. The molecule has 0 aliphatic rings. The molecule has 0 unspecified atom stereocenters. The zero-order chi connectivity index (χ0) is 17.2. The van der Waals surface area contributed by atoms with Gasteiger partial charge in [-0.15, -0.1) is 0 Å². The average Bonchev–Trinajstić information content (AvgIpc) is 2.58. The first-order chi connectivity index (χ1) is 11.1. The average molecular weight is 323 g/mol. The number of methoxy groups -OCH3 is 2. The van der Waals surface area contributed by atoms with Crippen LogP contribution in [0.25, 0.3) is 0 Å². The predicted molar refractivity (Wildman–Crippen MR) is 91.4 cm³/mol. The van der Waals surface area contributed by atoms with Crippen molar-refractivity contribution in [2.45, 2.75) is 39.7 Å². The van der Waals surface area contributed by atoms with Crippen molar-refractivity contribution in [1.82, 2.24) is 4.90 Å². The molecule has 0 spiro atoms. The quantitative estimate of drug-likeness (QED) is 0.619. The van der Waals surface area contributed by atoms with E-state index in [9.17, 15) is 4.79 Å². The van der Waals surface area contributed by atoms with Crippen LogP contribution in [0.2, 0.25) is 0 Å². The number of hydrogen-bond donors (Lipinski definition) is 0. The molecule has 1 atom stereocenters. The number of benzene rings is 1. The summed E-state index contributed by atoms with van der Waals surface area (Å²) in [4.78, 5) is 14.6. The normalized spacial score (nSPS) is 11.9. The largest absolute Gasteiger partial charge is 0.493 e. The summed E-state index contributed by atoms with van der Waals surface area (Å²) in [5.74, 6) is 1.24. The molecule has 0 saturated carbocycles. The Morgan fingerprint density at radius 3 is 2.48 bits per heavy atom. The lowest BCUT2D eigenvalue weighted by atomic mass is 10.1. The van der Waals surface area contributed by atoms with Crippen LogP contribution in [0.3, 0.4) is 0 Å². The standard InChI is InChI=1S/C18H29NO4/c1-6-14(3)19(7-2)18(20)15-9-10-16(22-5)17(13-15)23-12-8-11-21-4/h9-10,13-14H,6-8,11-12H2,1-5H3/t14-/m1/s1. The Morgan fingerprint density at radius 2 is 1.91 bits per heavy atom. The summed E-state index contributed by atoms with van der Waals surface area (Å²) < 4.78 is 16.1. The second kappa shape index (κ2) is 10.1. The summed E-state index contributed by atoms with van der Waals surface area (Å²) in [6, 6.07) is 5.54. The molecule has 23 heavy (non-hydrogen) atoms. The van der Waals surface area contributed by atoms with Crippen LogP contribution in [0, 0.1) is 0 Å². The molecule has 0 bridgehead atoms. The fourth-order valence-corrected chi connectivity index (χ4v) is 2.35. The highest BCUT2D eigenvalue weighted by atomic mass is 16.5. The topological polar surface area (TPSA) is 48.0 Å². The third kappa shape index (κ3) is 5.43. The summed E-state index contributed by atoms with van der Waals surface area (Å²) in [6.45, 7) is 7.98. The van der Waals surface area contributed by atoms with Crippen LogP contribution < -0.4 is 9.47 Å². The van der Waals surface area contributed by atoms with Crippen LogP contribution in [-0.4, -0.2) is 50.8 Å². The van der Waals surface area contributed by atoms with Crippen LogP contribution >= 0.6 is 0 Å². The van der Waals surface area contributed by atoms with E-state index in [2.05, 4.69) is 13.8 Å². The number of rotatable bonds is 10. The van der Waals surface area contributed by atoms with Crippen molar-refractivity contribution in [3.8, 4) is 11.5 Å². The van der Waals surface area contributed by atoms with Crippen molar-refractivity contribution in [3.63, 3.8) is 0 Å². The first kappa shape index (κ1) is 19.3. The Kier molecular flexibility index (Phi) is 8.48. The second-order valence-electron chi connectivity index (χ2n) is 5.41. The van der Waals surface area contributed by atoms with Crippen LogP contribution in [-0.2, 0) is 4.74 Å². The molecule has 5 heteroatoms. The maximum absolute atomic E-state index is 12.7.